The Morgan fingerprint density at radius 2 is 2.47 bits per heavy atom. The highest BCUT2D eigenvalue weighted by Gasteiger charge is 2.25. The molecule has 1 aromatic heterocycles. The second-order valence-corrected chi connectivity index (χ2v) is 4.70. The zero-order valence-electron chi connectivity index (χ0n) is 11.7. The van der Waals surface area contributed by atoms with Crippen molar-refractivity contribution in [3.8, 4) is 0 Å². The van der Waals surface area contributed by atoms with Crippen molar-refractivity contribution in [2.45, 2.75) is 39.0 Å². The Labute approximate surface area is 113 Å². The molecule has 1 N–H and O–H groups in total. The highest BCUT2D eigenvalue weighted by Crippen LogP contribution is 2.15. The van der Waals surface area contributed by atoms with Gasteiger partial charge in [-0.3, -0.25) is 4.68 Å². The van der Waals surface area contributed by atoms with Crippen molar-refractivity contribution in [2.24, 2.45) is 7.05 Å². The second kappa shape index (κ2) is 6.16. The minimum absolute atomic E-state index is 0.208. The van der Waals surface area contributed by atoms with E-state index in [4.69, 9.17) is 9.47 Å². The standard InChI is InChI=1S/C13H21N3O3/c1-4-18-13(17)10-7-15-16(3)12(10)8-14-11-5-6-19-9(11)2/h7,9,11,14H,4-6,8H2,1-3H3. The number of hydrogen-bond acceptors (Lipinski definition) is 5. The van der Waals surface area contributed by atoms with Gasteiger partial charge in [0.2, 0.25) is 0 Å². The summed E-state index contributed by atoms with van der Waals surface area (Å²) in [6.45, 7) is 5.59. The van der Waals surface area contributed by atoms with Gasteiger partial charge in [-0.15, -0.1) is 0 Å². The maximum Gasteiger partial charge on any atom is 0.341 e. The summed E-state index contributed by atoms with van der Waals surface area (Å²) in [5, 5.41) is 7.55. The van der Waals surface area contributed by atoms with Crippen molar-refractivity contribution in [3.05, 3.63) is 17.5 Å². The maximum absolute atomic E-state index is 11.8. The summed E-state index contributed by atoms with van der Waals surface area (Å²) in [4.78, 5) is 11.8. The Kier molecular flexibility index (Phi) is 4.55. The molecular weight excluding hydrogens is 246 g/mol. The quantitative estimate of drug-likeness (QED) is 0.802. The third-order valence-electron chi connectivity index (χ3n) is 3.46. The maximum atomic E-state index is 11.8. The average Bonchev–Trinajstić information content (AvgIpc) is 2.94. The lowest BCUT2D eigenvalue weighted by Gasteiger charge is -2.16. The van der Waals surface area contributed by atoms with E-state index in [1.807, 2.05) is 7.05 Å². The minimum Gasteiger partial charge on any atom is -0.462 e. The predicted molar refractivity (Wildman–Crippen MR) is 69.8 cm³/mol. The number of carbonyl (C=O) groups is 1. The number of nitrogens with one attached hydrogen (secondary N) is 1. The Morgan fingerprint density at radius 1 is 1.68 bits per heavy atom. The molecule has 0 saturated carbocycles. The molecule has 0 aromatic carbocycles. The molecule has 6 nitrogen and oxygen atoms in total. The van der Waals surface area contributed by atoms with Crippen LogP contribution in [0.15, 0.2) is 6.20 Å². The highest BCUT2D eigenvalue weighted by atomic mass is 16.5. The summed E-state index contributed by atoms with van der Waals surface area (Å²) < 4.78 is 12.2. The smallest absolute Gasteiger partial charge is 0.341 e. The van der Waals surface area contributed by atoms with Gasteiger partial charge in [0.1, 0.15) is 5.56 Å². The van der Waals surface area contributed by atoms with E-state index in [1.54, 1.807) is 17.8 Å². The topological polar surface area (TPSA) is 65.4 Å². The Morgan fingerprint density at radius 3 is 3.11 bits per heavy atom. The highest BCUT2D eigenvalue weighted by molar-refractivity contribution is 5.90. The monoisotopic (exact) mass is 267 g/mol. The number of hydrogen-bond donors (Lipinski definition) is 1. The van der Waals surface area contributed by atoms with Gasteiger partial charge in [-0.2, -0.15) is 5.10 Å². The average molecular weight is 267 g/mol. The summed E-state index contributed by atoms with van der Waals surface area (Å²) in [6, 6.07) is 0.324. The first-order valence-electron chi connectivity index (χ1n) is 6.66. The molecule has 2 rings (SSSR count). The molecule has 106 valence electrons. The molecule has 6 heteroatoms. The molecule has 19 heavy (non-hydrogen) atoms. The summed E-state index contributed by atoms with van der Waals surface area (Å²) in [5.41, 5.74) is 1.38. The lowest BCUT2D eigenvalue weighted by atomic mass is 10.1. The molecule has 1 saturated heterocycles. The van der Waals surface area contributed by atoms with Gasteiger partial charge in [0.05, 0.1) is 24.6 Å². The molecule has 2 unspecified atom stereocenters. The summed E-state index contributed by atoms with van der Waals surface area (Å²) in [7, 11) is 1.83. The Balaban J connectivity index is 2.02. The molecule has 0 amide bonds. The van der Waals surface area contributed by atoms with Gasteiger partial charge in [-0.05, 0) is 20.3 Å². The van der Waals surface area contributed by atoms with E-state index in [0.717, 1.165) is 18.7 Å². The Bertz CT molecular complexity index is 444. The third kappa shape index (κ3) is 3.13. The minimum atomic E-state index is -0.317. The fourth-order valence-electron chi connectivity index (χ4n) is 2.28. The Hall–Kier alpha value is -1.40. The SMILES string of the molecule is CCOC(=O)c1cnn(C)c1CNC1CCOC1C. The molecule has 0 aliphatic carbocycles. The number of rotatable bonds is 5. The van der Waals surface area contributed by atoms with E-state index in [9.17, 15) is 4.79 Å². The van der Waals surface area contributed by atoms with Gasteiger partial charge < -0.3 is 14.8 Å². The zero-order valence-corrected chi connectivity index (χ0v) is 11.7. The molecule has 1 fully saturated rings. The van der Waals surface area contributed by atoms with Gasteiger partial charge >= 0.3 is 5.97 Å². The van der Waals surface area contributed by atoms with Crippen molar-refractivity contribution >= 4 is 5.97 Å². The molecule has 0 bridgehead atoms. The van der Waals surface area contributed by atoms with Crippen molar-refractivity contribution in [1.82, 2.24) is 15.1 Å². The van der Waals surface area contributed by atoms with Crippen LogP contribution in [0, 0.1) is 0 Å². The van der Waals surface area contributed by atoms with Crippen LogP contribution in [0.25, 0.3) is 0 Å². The number of ether oxygens (including phenoxy) is 2. The zero-order chi connectivity index (χ0) is 13.8. The molecule has 0 radical (unpaired) electrons. The van der Waals surface area contributed by atoms with Crippen LogP contribution in [-0.4, -0.2) is 41.1 Å². The van der Waals surface area contributed by atoms with E-state index >= 15 is 0 Å². The second-order valence-electron chi connectivity index (χ2n) is 4.70. The van der Waals surface area contributed by atoms with Gasteiger partial charge in [0, 0.05) is 26.2 Å². The largest absolute Gasteiger partial charge is 0.462 e. The van der Waals surface area contributed by atoms with Crippen LogP contribution in [-0.2, 0) is 23.1 Å². The van der Waals surface area contributed by atoms with Gasteiger partial charge in [0.15, 0.2) is 0 Å². The van der Waals surface area contributed by atoms with Gasteiger partial charge in [-0.25, -0.2) is 4.79 Å². The summed E-state index contributed by atoms with van der Waals surface area (Å²) in [6.07, 6.45) is 2.76. The van der Waals surface area contributed by atoms with E-state index in [2.05, 4.69) is 17.3 Å². The first-order chi connectivity index (χ1) is 9.13. The number of nitrogens with zero attached hydrogens (tertiary/aromatic N) is 2. The first kappa shape index (κ1) is 14.0. The fourth-order valence-corrected chi connectivity index (χ4v) is 2.28. The van der Waals surface area contributed by atoms with E-state index in [1.165, 1.54) is 0 Å². The molecular formula is C13H21N3O3. The summed E-state index contributed by atoms with van der Waals surface area (Å²) >= 11 is 0. The van der Waals surface area contributed by atoms with Crippen LogP contribution in [0.1, 0.15) is 36.3 Å². The van der Waals surface area contributed by atoms with Crippen molar-refractivity contribution in [3.63, 3.8) is 0 Å². The van der Waals surface area contributed by atoms with Crippen LogP contribution in [0.3, 0.4) is 0 Å². The van der Waals surface area contributed by atoms with Crippen LogP contribution < -0.4 is 5.32 Å². The third-order valence-corrected chi connectivity index (χ3v) is 3.46. The van der Waals surface area contributed by atoms with Crippen LogP contribution in [0.2, 0.25) is 0 Å². The fraction of sp³-hybridized carbons (Fsp3) is 0.692. The summed E-state index contributed by atoms with van der Waals surface area (Å²) in [5.74, 6) is -0.317. The van der Waals surface area contributed by atoms with Gasteiger partial charge in [-0.1, -0.05) is 0 Å². The van der Waals surface area contributed by atoms with Crippen molar-refractivity contribution < 1.29 is 14.3 Å². The van der Waals surface area contributed by atoms with E-state index in [-0.39, 0.29) is 12.1 Å². The first-order valence-corrected chi connectivity index (χ1v) is 6.66. The molecule has 2 atom stereocenters. The lowest BCUT2D eigenvalue weighted by molar-refractivity contribution is 0.0524. The molecule has 0 spiro atoms. The van der Waals surface area contributed by atoms with Crippen molar-refractivity contribution in [2.75, 3.05) is 13.2 Å². The normalized spacial score (nSPS) is 22.7. The van der Waals surface area contributed by atoms with E-state index in [0.29, 0.717) is 24.8 Å². The van der Waals surface area contributed by atoms with Crippen LogP contribution in [0.5, 0.6) is 0 Å². The molecule has 1 aliphatic rings. The van der Waals surface area contributed by atoms with Gasteiger partial charge in [0.25, 0.3) is 0 Å². The predicted octanol–water partition coefficient (Wildman–Crippen LogP) is 0.864. The van der Waals surface area contributed by atoms with E-state index < -0.39 is 0 Å². The van der Waals surface area contributed by atoms with Crippen LogP contribution in [0.4, 0.5) is 0 Å². The van der Waals surface area contributed by atoms with Crippen LogP contribution >= 0.6 is 0 Å². The molecule has 1 aromatic rings. The number of aryl methyl sites for hydroxylation is 1. The van der Waals surface area contributed by atoms with Crippen molar-refractivity contribution in [1.29, 1.82) is 0 Å². The number of esters is 1. The molecule has 2 heterocycles. The lowest BCUT2D eigenvalue weighted by Crippen LogP contribution is -2.35. The number of aromatic nitrogens is 2. The molecule has 1 aliphatic heterocycles. The number of carbonyl (C=O) groups excluding carboxylic acids is 1.